The van der Waals surface area contributed by atoms with E-state index in [0.717, 1.165) is 18.4 Å². The number of ether oxygens (including phenoxy) is 1. The Hall–Kier alpha value is -2.45. The average Bonchev–Trinajstić information content (AvgIpc) is 2.74. The van der Waals surface area contributed by atoms with E-state index in [4.69, 9.17) is 4.74 Å². The monoisotopic (exact) mass is 434 g/mol. The highest BCUT2D eigenvalue weighted by Crippen LogP contribution is 2.28. The van der Waals surface area contributed by atoms with Gasteiger partial charge in [-0.3, -0.25) is 4.79 Å². The van der Waals surface area contributed by atoms with Crippen LogP contribution < -0.4 is 10.1 Å². The maximum absolute atomic E-state index is 13.1. The minimum absolute atomic E-state index is 0.0671. The molecule has 0 aromatic heterocycles. The van der Waals surface area contributed by atoms with Gasteiger partial charge in [-0.05, 0) is 61.6 Å². The van der Waals surface area contributed by atoms with Crippen molar-refractivity contribution >= 4 is 15.9 Å². The number of sulfonamides is 1. The van der Waals surface area contributed by atoms with Crippen molar-refractivity contribution in [2.75, 3.05) is 20.2 Å². The minimum Gasteiger partial charge on any atom is -0.496 e. The topological polar surface area (TPSA) is 75.7 Å². The maximum atomic E-state index is 13.1. The largest absolute Gasteiger partial charge is 0.496 e. The number of piperidine rings is 1. The van der Waals surface area contributed by atoms with E-state index in [9.17, 15) is 17.6 Å². The smallest absolute Gasteiger partial charge is 0.255 e. The summed E-state index contributed by atoms with van der Waals surface area (Å²) in [5.41, 5.74) is 0.868. The van der Waals surface area contributed by atoms with Crippen LogP contribution in [0.1, 0.15) is 48.7 Å². The molecule has 2 aromatic carbocycles. The zero-order valence-corrected chi connectivity index (χ0v) is 18.2. The minimum atomic E-state index is -3.70. The number of carbonyl (C=O) groups is 1. The Morgan fingerprint density at radius 2 is 1.80 bits per heavy atom. The fraction of sp³-hybridized carbons (Fsp3) is 0.409. The first-order valence-electron chi connectivity index (χ1n) is 9.97. The molecule has 1 heterocycles. The van der Waals surface area contributed by atoms with Crippen molar-refractivity contribution in [3.8, 4) is 5.75 Å². The summed E-state index contributed by atoms with van der Waals surface area (Å²) in [6.45, 7) is 4.83. The second-order valence-corrected chi connectivity index (χ2v) is 9.63. The molecule has 2 aromatic rings. The average molecular weight is 435 g/mol. The van der Waals surface area contributed by atoms with Crippen molar-refractivity contribution in [1.82, 2.24) is 9.62 Å². The number of rotatable bonds is 6. The van der Waals surface area contributed by atoms with E-state index < -0.39 is 22.0 Å². The lowest BCUT2D eigenvalue weighted by atomic mass is 10.0. The molecule has 0 radical (unpaired) electrons. The lowest BCUT2D eigenvalue weighted by Gasteiger charge is -2.29. The quantitative estimate of drug-likeness (QED) is 0.751. The second kappa shape index (κ2) is 9.14. The van der Waals surface area contributed by atoms with Crippen LogP contribution in [0, 0.1) is 11.7 Å². The first-order valence-corrected chi connectivity index (χ1v) is 11.4. The fourth-order valence-electron chi connectivity index (χ4n) is 3.51. The molecule has 0 bridgehead atoms. The Kier molecular flexibility index (Phi) is 6.77. The molecule has 1 saturated heterocycles. The Balaban J connectivity index is 1.85. The number of carbonyl (C=O) groups excluding carboxylic acids is 1. The third-order valence-electron chi connectivity index (χ3n) is 5.51. The molecule has 8 heteroatoms. The van der Waals surface area contributed by atoms with E-state index >= 15 is 0 Å². The van der Waals surface area contributed by atoms with Crippen LogP contribution in [0.25, 0.3) is 0 Å². The second-order valence-electron chi connectivity index (χ2n) is 7.70. The van der Waals surface area contributed by atoms with Gasteiger partial charge in [-0.15, -0.1) is 0 Å². The molecule has 1 aliphatic rings. The molecule has 0 unspecified atom stereocenters. The van der Waals surface area contributed by atoms with Gasteiger partial charge >= 0.3 is 0 Å². The first-order chi connectivity index (χ1) is 14.2. The van der Waals surface area contributed by atoms with Crippen molar-refractivity contribution in [3.63, 3.8) is 0 Å². The predicted molar refractivity (Wildman–Crippen MR) is 112 cm³/mol. The number of benzene rings is 2. The number of nitrogens with one attached hydrogen (secondary N) is 1. The van der Waals surface area contributed by atoms with Gasteiger partial charge in [0.1, 0.15) is 11.6 Å². The van der Waals surface area contributed by atoms with Crippen molar-refractivity contribution in [3.05, 3.63) is 59.4 Å². The summed E-state index contributed by atoms with van der Waals surface area (Å²) in [5.74, 6) is -0.0384. The lowest BCUT2D eigenvalue weighted by Crippen LogP contribution is -2.38. The Labute approximate surface area is 177 Å². The summed E-state index contributed by atoms with van der Waals surface area (Å²) in [5, 5.41) is 2.82. The van der Waals surface area contributed by atoms with Crippen LogP contribution in [-0.2, 0) is 10.0 Å². The number of hydrogen-bond donors (Lipinski definition) is 1. The molecular weight excluding hydrogens is 407 g/mol. The van der Waals surface area contributed by atoms with Crippen LogP contribution in [0.15, 0.2) is 47.4 Å². The molecule has 0 saturated carbocycles. The number of halogens is 1. The molecule has 1 fully saturated rings. The molecule has 30 heavy (non-hydrogen) atoms. The predicted octanol–water partition coefficient (Wildman–Crippen LogP) is 3.75. The van der Waals surface area contributed by atoms with Gasteiger partial charge in [0, 0.05) is 13.1 Å². The van der Waals surface area contributed by atoms with Gasteiger partial charge in [0.15, 0.2) is 0 Å². The SMILES string of the molecule is COc1ccc(S(=O)(=O)N2CCC(C)CC2)cc1C(=O)N[C@@H](C)c1ccc(F)cc1. The van der Waals surface area contributed by atoms with Crippen molar-refractivity contribution < 1.29 is 22.3 Å². The molecule has 162 valence electrons. The lowest BCUT2D eigenvalue weighted by molar-refractivity contribution is 0.0936. The summed E-state index contributed by atoms with van der Waals surface area (Å²) < 4.78 is 46.0. The Morgan fingerprint density at radius 1 is 1.17 bits per heavy atom. The third-order valence-corrected chi connectivity index (χ3v) is 7.41. The van der Waals surface area contributed by atoms with E-state index in [0.29, 0.717) is 19.0 Å². The van der Waals surface area contributed by atoms with Crippen LogP contribution in [0.5, 0.6) is 5.75 Å². The molecule has 1 amide bonds. The molecule has 6 nitrogen and oxygen atoms in total. The Bertz CT molecular complexity index is 1000. The highest BCUT2D eigenvalue weighted by atomic mass is 32.2. The molecule has 1 N–H and O–H groups in total. The van der Waals surface area contributed by atoms with Gasteiger partial charge in [0.25, 0.3) is 5.91 Å². The van der Waals surface area contributed by atoms with Gasteiger partial charge in [-0.1, -0.05) is 19.1 Å². The van der Waals surface area contributed by atoms with E-state index in [1.807, 2.05) is 0 Å². The number of amides is 1. The molecule has 3 rings (SSSR count). The summed E-state index contributed by atoms with van der Waals surface area (Å²) in [7, 11) is -2.27. The number of hydrogen-bond acceptors (Lipinski definition) is 4. The van der Waals surface area contributed by atoms with E-state index in [1.54, 1.807) is 19.1 Å². The van der Waals surface area contributed by atoms with E-state index in [-0.39, 0.29) is 22.0 Å². The highest BCUT2D eigenvalue weighted by molar-refractivity contribution is 7.89. The molecule has 0 aliphatic carbocycles. The first kappa shape index (κ1) is 22.2. The van der Waals surface area contributed by atoms with Gasteiger partial charge < -0.3 is 10.1 Å². The standard InChI is InChI=1S/C22H27FN2O4S/c1-15-10-12-25(13-11-15)30(27,28)19-8-9-21(29-3)20(14-19)22(26)24-16(2)17-4-6-18(23)7-5-17/h4-9,14-16H,10-13H2,1-3H3,(H,24,26)/t16-/m0/s1. The van der Waals surface area contributed by atoms with Crippen LogP contribution in [0.3, 0.4) is 0 Å². The van der Waals surface area contributed by atoms with Crippen LogP contribution in [0.2, 0.25) is 0 Å². The molecular formula is C22H27FN2O4S. The zero-order chi connectivity index (χ0) is 21.9. The van der Waals surface area contributed by atoms with Crippen LogP contribution in [-0.4, -0.2) is 38.8 Å². The Morgan fingerprint density at radius 3 is 2.40 bits per heavy atom. The summed E-state index contributed by atoms with van der Waals surface area (Å²) in [6, 6.07) is 9.76. The normalized spacial score (nSPS) is 16.8. The zero-order valence-electron chi connectivity index (χ0n) is 17.4. The van der Waals surface area contributed by atoms with Crippen molar-refractivity contribution in [2.45, 2.75) is 37.6 Å². The van der Waals surface area contributed by atoms with Gasteiger partial charge in [0.2, 0.25) is 10.0 Å². The number of nitrogens with zero attached hydrogens (tertiary/aromatic N) is 1. The van der Waals surface area contributed by atoms with Crippen molar-refractivity contribution in [1.29, 1.82) is 0 Å². The van der Waals surface area contributed by atoms with Gasteiger partial charge in [0.05, 0.1) is 23.6 Å². The summed E-state index contributed by atoms with van der Waals surface area (Å²) in [6.07, 6.45) is 1.63. The van der Waals surface area contributed by atoms with Gasteiger partial charge in [-0.2, -0.15) is 4.31 Å². The number of methoxy groups -OCH3 is 1. The van der Waals surface area contributed by atoms with E-state index in [2.05, 4.69) is 12.2 Å². The molecule has 0 spiro atoms. The summed E-state index contributed by atoms with van der Waals surface area (Å²) >= 11 is 0. The molecule has 1 atom stereocenters. The maximum Gasteiger partial charge on any atom is 0.255 e. The van der Waals surface area contributed by atoms with Crippen molar-refractivity contribution in [2.24, 2.45) is 5.92 Å². The third kappa shape index (κ3) is 4.82. The molecule has 1 aliphatic heterocycles. The van der Waals surface area contributed by atoms with Crippen LogP contribution in [0.4, 0.5) is 4.39 Å². The van der Waals surface area contributed by atoms with Gasteiger partial charge in [-0.25, -0.2) is 12.8 Å². The summed E-state index contributed by atoms with van der Waals surface area (Å²) in [4.78, 5) is 13.0. The van der Waals surface area contributed by atoms with Crippen LogP contribution >= 0.6 is 0 Å². The fourth-order valence-corrected chi connectivity index (χ4v) is 5.00. The highest BCUT2D eigenvalue weighted by Gasteiger charge is 2.29. The van der Waals surface area contributed by atoms with E-state index in [1.165, 1.54) is 41.7 Å².